The van der Waals surface area contributed by atoms with E-state index in [1.807, 2.05) is 0 Å². The highest BCUT2D eigenvalue weighted by molar-refractivity contribution is 5.76. The van der Waals surface area contributed by atoms with Gasteiger partial charge < -0.3 is 9.80 Å². The molecule has 0 aromatic heterocycles. The average molecular weight is 316 g/mol. The number of piperidine rings is 1. The second-order valence-electron chi connectivity index (χ2n) is 6.92. The van der Waals surface area contributed by atoms with Gasteiger partial charge in [-0.15, -0.1) is 0 Å². The fourth-order valence-corrected chi connectivity index (χ4v) is 3.32. The number of hydrogen-bond acceptors (Lipinski definition) is 2. The zero-order valence-corrected chi connectivity index (χ0v) is 14.8. The predicted octanol–water partition coefficient (Wildman–Crippen LogP) is 3.59. The van der Waals surface area contributed by atoms with Crippen LogP contribution in [0.1, 0.15) is 44.6 Å². The van der Waals surface area contributed by atoms with Crippen molar-refractivity contribution < 1.29 is 4.79 Å². The molecule has 128 valence electrons. The van der Waals surface area contributed by atoms with Gasteiger partial charge >= 0.3 is 0 Å². The lowest BCUT2D eigenvalue weighted by Gasteiger charge is -2.32. The van der Waals surface area contributed by atoms with Crippen LogP contribution in [0.2, 0.25) is 0 Å². The van der Waals surface area contributed by atoms with Crippen LogP contribution in [0.5, 0.6) is 0 Å². The summed E-state index contributed by atoms with van der Waals surface area (Å²) in [5.41, 5.74) is 1.43. The summed E-state index contributed by atoms with van der Waals surface area (Å²) in [5, 5.41) is 0. The molecule has 1 aromatic rings. The van der Waals surface area contributed by atoms with Gasteiger partial charge in [-0.25, -0.2) is 0 Å². The van der Waals surface area contributed by atoms with Gasteiger partial charge in [-0.1, -0.05) is 43.7 Å². The molecule has 0 bridgehead atoms. The van der Waals surface area contributed by atoms with Crippen LogP contribution in [0.25, 0.3) is 0 Å². The summed E-state index contributed by atoms with van der Waals surface area (Å²) in [6.45, 7) is 6.08. The molecule has 1 heterocycles. The minimum Gasteiger partial charge on any atom is -0.343 e. The normalized spacial score (nSPS) is 16.0. The fourth-order valence-electron chi connectivity index (χ4n) is 3.32. The number of nitrogens with zero attached hydrogens (tertiary/aromatic N) is 2. The lowest BCUT2D eigenvalue weighted by atomic mass is 9.90. The Balaban J connectivity index is 1.66. The van der Waals surface area contributed by atoms with Crippen molar-refractivity contribution in [1.29, 1.82) is 0 Å². The third-order valence-corrected chi connectivity index (χ3v) is 4.94. The minimum atomic E-state index is 0.339. The molecule has 0 radical (unpaired) electrons. The van der Waals surface area contributed by atoms with Gasteiger partial charge in [-0.2, -0.15) is 0 Å². The van der Waals surface area contributed by atoms with Crippen LogP contribution in [0, 0.1) is 5.92 Å². The number of benzene rings is 1. The van der Waals surface area contributed by atoms with Crippen LogP contribution in [0.4, 0.5) is 0 Å². The Morgan fingerprint density at radius 2 is 1.87 bits per heavy atom. The molecule has 1 aliphatic rings. The smallest absolute Gasteiger partial charge is 0.223 e. The maximum Gasteiger partial charge on any atom is 0.223 e. The molecule has 1 amide bonds. The molecule has 1 saturated heterocycles. The summed E-state index contributed by atoms with van der Waals surface area (Å²) in [6.07, 6.45) is 6.55. The lowest BCUT2D eigenvalue weighted by molar-refractivity contribution is -0.132. The molecule has 0 spiro atoms. The standard InChI is InChI=1S/C20H32N2O/c1-3-4-13-21(2)14-12-20(23)22-15-10-19(11-16-22)17-18-8-6-5-7-9-18/h5-9,19H,3-4,10-17H2,1-2H3. The number of hydrogen-bond donors (Lipinski definition) is 0. The molecular formula is C20H32N2O. The second-order valence-corrected chi connectivity index (χ2v) is 6.92. The summed E-state index contributed by atoms with van der Waals surface area (Å²) in [5.74, 6) is 1.07. The van der Waals surface area contributed by atoms with Gasteiger partial charge in [0, 0.05) is 26.1 Å². The molecule has 0 aliphatic carbocycles. The van der Waals surface area contributed by atoms with Crippen molar-refractivity contribution in [2.45, 2.75) is 45.4 Å². The third kappa shape index (κ3) is 6.34. The number of likely N-dealkylation sites (tertiary alicyclic amines) is 1. The van der Waals surface area contributed by atoms with E-state index in [0.29, 0.717) is 12.3 Å². The molecule has 0 saturated carbocycles. The minimum absolute atomic E-state index is 0.339. The van der Waals surface area contributed by atoms with Crippen molar-refractivity contribution in [3.05, 3.63) is 35.9 Å². The van der Waals surface area contributed by atoms with Crippen LogP contribution >= 0.6 is 0 Å². The fraction of sp³-hybridized carbons (Fsp3) is 0.650. The third-order valence-electron chi connectivity index (χ3n) is 4.94. The first-order valence-corrected chi connectivity index (χ1v) is 9.19. The number of carbonyl (C=O) groups is 1. The molecule has 1 aromatic carbocycles. The lowest BCUT2D eigenvalue weighted by Crippen LogP contribution is -2.40. The topological polar surface area (TPSA) is 23.6 Å². The number of amides is 1. The summed E-state index contributed by atoms with van der Waals surface area (Å²) in [4.78, 5) is 16.7. The first kappa shape index (κ1) is 18.0. The predicted molar refractivity (Wildman–Crippen MR) is 96.5 cm³/mol. The van der Waals surface area contributed by atoms with Gasteiger partial charge in [0.15, 0.2) is 0 Å². The Morgan fingerprint density at radius 1 is 1.17 bits per heavy atom. The molecule has 3 nitrogen and oxygen atoms in total. The van der Waals surface area contributed by atoms with E-state index in [1.165, 1.54) is 18.4 Å². The van der Waals surface area contributed by atoms with E-state index in [9.17, 15) is 4.79 Å². The Bertz CT molecular complexity index is 452. The second kappa shape index (κ2) is 9.71. The zero-order chi connectivity index (χ0) is 16.5. The average Bonchev–Trinajstić information content (AvgIpc) is 2.59. The number of unbranched alkanes of at least 4 members (excludes halogenated alkanes) is 1. The van der Waals surface area contributed by atoms with E-state index in [-0.39, 0.29) is 0 Å². The van der Waals surface area contributed by atoms with E-state index in [1.54, 1.807) is 0 Å². The monoisotopic (exact) mass is 316 g/mol. The molecule has 0 unspecified atom stereocenters. The van der Waals surface area contributed by atoms with Gasteiger partial charge in [-0.3, -0.25) is 4.79 Å². The summed E-state index contributed by atoms with van der Waals surface area (Å²) < 4.78 is 0. The summed E-state index contributed by atoms with van der Waals surface area (Å²) in [7, 11) is 2.12. The van der Waals surface area contributed by atoms with Crippen molar-refractivity contribution in [2.24, 2.45) is 5.92 Å². The highest BCUT2D eigenvalue weighted by atomic mass is 16.2. The van der Waals surface area contributed by atoms with Crippen molar-refractivity contribution in [3.8, 4) is 0 Å². The van der Waals surface area contributed by atoms with Gasteiger partial charge in [0.2, 0.25) is 5.91 Å². The maximum absolute atomic E-state index is 12.3. The van der Waals surface area contributed by atoms with Crippen molar-refractivity contribution in [3.63, 3.8) is 0 Å². The Labute approximate surface area is 141 Å². The summed E-state index contributed by atoms with van der Waals surface area (Å²) in [6, 6.07) is 10.7. The molecule has 3 heteroatoms. The van der Waals surface area contributed by atoms with Crippen LogP contribution in [0.3, 0.4) is 0 Å². The Hall–Kier alpha value is -1.35. The molecule has 2 rings (SSSR count). The van der Waals surface area contributed by atoms with Crippen LogP contribution in [0.15, 0.2) is 30.3 Å². The number of carbonyl (C=O) groups excluding carboxylic acids is 1. The maximum atomic E-state index is 12.3. The molecule has 0 atom stereocenters. The largest absolute Gasteiger partial charge is 0.343 e. The quantitative estimate of drug-likeness (QED) is 0.732. The molecule has 23 heavy (non-hydrogen) atoms. The van der Waals surface area contributed by atoms with Crippen molar-refractivity contribution >= 4 is 5.91 Å². The molecule has 1 aliphatic heterocycles. The highest BCUT2D eigenvalue weighted by Gasteiger charge is 2.22. The Morgan fingerprint density at radius 3 is 2.52 bits per heavy atom. The first-order chi connectivity index (χ1) is 11.2. The molecule has 0 N–H and O–H groups in total. The van der Waals surface area contributed by atoms with Crippen molar-refractivity contribution in [2.75, 3.05) is 33.2 Å². The van der Waals surface area contributed by atoms with Crippen LogP contribution in [-0.2, 0) is 11.2 Å². The van der Waals surface area contributed by atoms with Gasteiger partial charge in [0.25, 0.3) is 0 Å². The van der Waals surface area contributed by atoms with E-state index < -0.39 is 0 Å². The highest BCUT2D eigenvalue weighted by Crippen LogP contribution is 2.22. The van der Waals surface area contributed by atoms with E-state index in [4.69, 9.17) is 0 Å². The van der Waals surface area contributed by atoms with Crippen LogP contribution in [-0.4, -0.2) is 48.9 Å². The number of rotatable bonds is 8. The molecular weight excluding hydrogens is 284 g/mol. The first-order valence-electron chi connectivity index (χ1n) is 9.19. The van der Waals surface area contributed by atoms with E-state index in [0.717, 1.165) is 51.4 Å². The zero-order valence-electron chi connectivity index (χ0n) is 14.8. The van der Waals surface area contributed by atoms with Crippen molar-refractivity contribution in [1.82, 2.24) is 9.80 Å². The van der Waals surface area contributed by atoms with E-state index in [2.05, 4.69) is 54.1 Å². The van der Waals surface area contributed by atoms with E-state index >= 15 is 0 Å². The van der Waals surface area contributed by atoms with Gasteiger partial charge in [0.1, 0.15) is 0 Å². The SMILES string of the molecule is CCCCN(C)CCC(=O)N1CCC(Cc2ccccc2)CC1. The Kier molecular flexibility index (Phi) is 7.60. The van der Waals surface area contributed by atoms with Crippen LogP contribution < -0.4 is 0 Å². The van der Waals surface area contributed by atoms with Gasteiger partial charge in [0.05, 0.1) is 0 Å². The van der Waals surface area contributed by atoms with Gasteiger partial charge in [-0.05, 0) is 50.8 Å². The summed E-state index contributed by atoms with van der Waals surface area (Å²) >= 11 is 0. The molecule has 1 fully saturated rings.